The van der Waals surface area contributed by atoms with Crippen molar-refractivity contribution >= 4 is 44.6 Å². The fraction of sp³-hybridized carbons (Fsp3) is 0.250. The number of benzene rings is 3. The Balaban J connectivity index is 1.50. The Bertz CT molecular complexity index is 1680. The van der Waals surface area contributed by atoms with Gasteiger partial charge >= 0.3 is 6.18 Å². The van der Waals surface area contributed by atoms with Gasteiger partial charge in [-0.1, -0.05) is 13.8 Å². The topological polar surface area (TPSA) is 78.7 Å². The summed E-state index contributed by atoms with van der Waals surface area (Å²) in [6.07, 6.45) is -2.82. The fourth-order valence-corrected chi connectivity index (χ4v) is 4.71. The maximum atomic E-state index is 13.8. The molecule has 0 radical (unpaired) electrons. The number of nitrogens with zero attached hydrogens (tertiary/aromatic N) is 3. The van der Waals surface area contributed by atoms with E-state index in [0.29, 0.717) is 39.7 Å². The molecule has 2 aromatic heterocycles. The van der Waals surface area contributed by atoms with Crippen molar-refractivity contribution in [2.75, 3.05) is 36.8 Å². The first kappa shape index (κ1) is 25.5. The van der Waals surface area contributed by atoms with Crippen molar-refractivity contribution in [1.82, 2.24) is 14.3 Å². The molecule has 7 nitrogen and oxygen atoms in total. The summed E-state index contributed by atoms with van der Waals surface area (Å²) in [6, 6.07) is 12.7. The maximum Gasteiger partial charge on any atom is 0.416 e. The normalized spacial score (nSPS) is 12.2. The van der Waals surface area contributed by atoms with Gasteiger partial charge in [0.05, 0.1) is 27.5 Å². The number of rotatable bonds is 8. The van der Waals surface area contributed by atoms with Crippen LogP contribution >= 0.6 is 0 Å². The number of nitrogens with one attached hydrogen (secondary N) is 2. The molecule has 0 atom stereocenters. The number of likely N-dealkylation sites (N-methyl/N-ethyl adjacent to an activating group) is 1. The van der Waals surface area contributed by atoms with Crippen molar-refractivity contribution in [2.24, 2.45) is 0 Å². The van der Waals surface area contributed by atoms with Crippen LogP contribution in [0.4, 0.5) is 24.5 Å². The van der Waals surface area contributed by atoms with E-state index >= 15 is 0 Å². The highest BCUT2D eigenvalue weighted by Crippen LogP contribution is 2.31. The number of pyridine rings is 1. The Hall–Kier alpha value is -4.18. The zero-order valence-electron chi connectivity index (χ0n) is 20.9. The molecule has 0 saturated heterocycles. The molecular formula is C28H26F3N5O2. The van der Waals surface area contributed by atoms with E-state index in [4.69, 9.17) is 0 Å². The SMILES string of the molecule is CCN(CC)CCNc1ccc2ncn3c4ccc(NC(=O)c5ccc(C(F)(F)F)cc5)cc4c(=O)c1c23. The van der Waals surface area contributed by atoms with Crippen LogP contribution in [-0.4, -0.2) is 46.4 Å². The number of aromatic nitrogens is 2. The lowest BCUT2D eigenvalue weighted by atomic mass is 10.1. The van der Waals surface area contributed by atoms with Gasteiger partial charge in [0, 0.05) is 35.4 Å². The number of carbonyl (C=O) groups excluding carboxylic acids is 1. The molecule has 0 bridgehead atoms. The van der Waals surface area contributed by atoms with Crippen LogP contribution in [0, 0.1) is 0 Å². The van der Waals surface area contributed by atoms with Gasteiger partial charge in [-0.2, -0.15) is 13.2 Å². The number of hydrogen-bond donors (Lipinski definition) is 2. The highest BCUT2D eigenvalue weighted by molar-refractivity contribution is 6.09. The van der Waals surface area contributed by atoms with E-state index in [0.717, 1.165) is 49.4 Å². The van der Waals surface area contributed by atoms with Gasteiger partial charge in [0.2, 0.25) is 0 Å². The predicted octanol–water partition coefficient (Wildman–Crippen LogP) is 5.46. The second kappa shape index (κ2) is 9.94. The first-order valence-corrected chi connectivity index (χ1v) is 12.3. The van der Waals surface area contributed by atoms with E-state index in [1.54, 1.807) is 24.5 Å². The van der Waals surface area contributed by atoms with Gasteiger partial charge in [0.1, 0.15) is 6.33 Å². The second-order valence-corrected chi connectivity index (χ2v) is 9.01. The molecule has 0 saturated carbocycles. The van der Waals surface area contributed by atoms with Crippen LogP contribution in [0.25, 0.3) is 27.3 Å². The Morgan fingerprint density at radius 2 is 1.76 bits per heavy atom. The Morgan fingerprint density at radius 1 is 1.03 bits per heavy atom. The number of fused-ring (bicyclic) bond motifs is 2. The summed E-state index contributed by atoms with van der Waals surface area (Å²) < 4.78 is 40.4. The third-order valence-corrected chi connectivity index (χ3v) is 6.81. The average Bonchev–Trinajstić information content (AvgIpc) is 3.34. The molecule has 196 valence electrons. The van der Waals surface area contributed by atoms with Crippen LogP contribution in [0.5, 0.6) is 0 Å². The largest absolute Gasteiger partial charge is 0.416 e. The molecule has 2 heterocycles. The molecule has 5 aromatic rings. The van der Waals surface area contributed by atoms with Gasteiger partial charge in [0.15, 0.2) is 5.43 Å². The second-order valence-electron chi connectivity index (χ2n) is 9.01. The molecule has 0 fully saturated rings. The van der Waals surface area contributed by atoms with Crippen LogP contribution in [-0.2, 0) is 6.18 Å². The van der Waals surface area contributed by atoms with E-state index in [9.17, 15) is 22.8 Å². The number of imidazole rings is 1. The minimum Gasteiger partial charge on any atom is -0.383 e. The number of carbonyl (C=O) groups is 1. The van der Waals surface area contributed by atoms with Crippen molar-refractivity contribution in [3.8, 4) is 0 Å². The third kappa shape index (κ3) is 4.63. The average molecular weight is 522 g/mol. The number of amides is 1. The highest BCUT2D eigenvalue weighted by Gasteiger charge is 2.30. The molecule has 3 aromatic carbocycles. The first-order valence-electron chi connectivity index (χ1n) is 12.3. The lowest BCUT2D eigenvalue weighted by Crippen LogP contribution is -2.28. The molecule has 0 spiro atoms. The van der Waals surface area contributed by atoms with Gasteiger partial charge in [-0.25, -0.2) is 4.98 Å². The molecule has 0 unspecified atom stereocenters. The van der Waals surface area contributed by atoms with Gasteiger partial charge in [-0.05, 0) is 67.7 Å². The molecule has 2 N–H and O–H groups in total. The minimum absolute atomic E-state index is 0.0726. The molecule has 38 heavy (non-hydrogen) atoms. The van der Waals surface area contributed by atoms with E-state index in [1.807, 2.05) is 16.5 Å². The summed E-state index contributed by atoms with van der Waals surface area (Å²) in [4.78, 5) is 33.2. The monoisotopic (exact) mass is 521 g/mol. The van der Waals surface area contributed by atoms with Gasteiger partial charge in [0.25, 0.3) is 5.91 Å². The van der Waals surface area contributed by atoms with E-state index < -0.39 is 17.6 Å². The lowest BCUT2D eigenvalue weighted by Gasteiger charge is -2.19. The quantitative estimate of drug-likeness (QED) is 0.265. The molecule has 5 rings (SSSR count). The van der Waals surface area contributed by atoms with Crippen molar-refractivity contribution in [3.63, 3.8) is 0 Å². The smallest absolute Gasteiger partial charge is 0.383 e. The molecular weight excluding hydrogens is 495 g/mol. The molecule has 0 aliphatic rings. The number of halogens is 3. The Morgan fingerprint density at radius 3 is 2.45 bits per heavy atom. The van der Waals surface area contributed by atoms with E-state index in [1.165, 1.54) is 0 Å². The van der Waals surface area contributed by atoms with Crippen LogP contribution < -0.4 is 16.1 Å². The predicted molar refractivity (Wildman–Crippen MR) is 143 cm³/mol. The van der Waals surface area contributed by atoms with Crippen LogP contribution in [0.2, 0.25) is 0 Å². The van der Waals surface area contributed by atoms with Gasteiger partial charge in [-0.15, -0.1) is 0 Å². The summed E-state index contributed by atoms with van der Waals surface area (Å²) in [5.41, 5.74) is 2.16. The molecule has 1 amide bonds. The van der Waals surface area contributed by atoms with E-state index in [2.05, 4.69) is 34.4 Å². The lowest BCUT2D eigenvalue weighted by molar-refractivity contribution is -0.137. The number of anilines is 2. The zero-order valence-corrected chi connectivity index (χ0v) is 20.9. The highest BCUT2D eigenvalue weighted by atomic mass is 19.4. The van der Waals surface area contributed by atoms with Crippen molar-refractivity contribution < 1.29 is 18.0 Å². The van der Waals surface area contributed by atoms with Crippen molar-refractivity contribution in [2.45, 2.75) is 20.0 Å². The summed E-state index contributed by atoms with van der Waals surface area (Å²) in [5.74, 6) is -0.578. The molecule has 0 aliphatic heterocycles. The third-order valence-electron chi connectivity index (χ3n) is 6.81. The van der Waals surface area contributed by atoms with Crippen LogP contribution in [0.15, 0.2) is 65.7 Å². The van der Waals surface area contributed by atoms with E-state index in [-0.39, 0.29) is 11.0 Å². The molecule has 10 heteroatoms. The summed E-state index contributed by atoms with van der Waals surface area (Å²) in [7, 11) is 0. The summed E-state index contributed by atoms with van der Waals surface area (Å²) in [6.45, 7) is 7.57. The summed E-state index contributed by atoms with van der Waals surface area (Å²) in [5, 5.41) is 6.98. The standard InChI is InChI=1S/C28H26F3N5O2/c1-3-35(4-2)14-13-32-21-10-11-22-25-24(21)26(37)20-15-19(9-12-23(20)36(25)16-33-22)34-27(38)17-5-7-18(8-6-17)28(29,30)31/h5-12,15-16,32H,3-4,13-14H2,1-2H3,(H,34,38). The molecule has 0 aliphatic carbocycles. The zero-order chi connectivity index (χ0) is 27.0. The minimum atomic E-state index is -4.48. The fourth-order valence-electron chi connectivity index (χ4n) is 4.71. The van der Waals surface area contributed by atoms with Crippen LogP contribution in [0.3, 0.4) is 0 Å². The first-order chi connectivity index (χ1) is 18.2. The van der Waals surface area contributed by atoms with Gasteiger partial charge in [-0.3, -0.25) is 14.0 Å². The number of alkyl halides is 3. The van der Waals surface area contributed by atoms with Crippen molar-refractivity contribution in [1.29, 1.82) is 0 Å². The van der Waals surface area contributed by atoms with Gasteiger partial charge < -0.3 is 15.5 Å². The summed E-state index contributed by atoms with van der Waals surface area (Å²) >= 11 is 0. The maximum absolute atomic E-state index is 13.8. The van der Waals surface area contributed by atoms with Crippen molar-refractivity contribution in [3.05, 3.63) is 82.3 Å². The number of hydrogen-bond acceptors (Lipinski definition) is 5. The Labute approximate surface area is 216 Å². The Kier molecular flexibility index (Phi) is 6.66. The van der Waals surface area contributed by atoms with Crippen LogP contribution in [0.1, 0.15) is 29.8 Å².